The number of hydrogen-bond donors (Lipinski definition) is 0. The second kappa shape index (κ2) is 3.32. The molecule has 1 heterocycles. The molecule has 88 valence electrons. The van der Waals surface area contributed by atoms with E-state index >= 15 is 0 Å². The number of nitrogens with zero attached hydrogens (tertiary/aromatic N) is 1. The van der Waals surface area contributed by atoms with Crippen LogP contribution >= 0.6 is 0 Å². The van der Waals surface area contributed by atoms with E-state index in [9.17, 15) is 9.59 Å². The Labute approximate surface area is 99.2 Å². The van der Waals surface area contributed by atoms with Gasteiger partial charge >= 0.3 is 0 Å². The summed E-state index contributed by atoms with van der Waals surface area (Å²) in [4.78, 5) is 25.6. The minimum atomic E-state index is -0.680. The van der Waals surface area contributed by atoms with E-state index in [0.29, 0.717) is 24.3 Å². The smallest absolute Gasteiger partial charge is 0.241 e. The van der Waals surface area contributed by atoms with Crippen LogP contribution in [0.4, 0.5) is 5.69 Å². The summed E-state index contributed by atoms with van der Waals surface area (Å²) in [5.41, 5.74) is 0.0121. The lowest BCUT2D eigenvalue weighted by Crippen LogP contribution is -2.27. The average Bonchev–Trinajstić information content (AvgIpc) is 3.12. The number of benzene rings is 1. The van der Waals surface area contributed by atoms with Crippen molar-refractivity contribution < 1.29 is 14.3 Å². The first-order chi connectivity index (χ1) is 8.19. The number of carbonyl (C=O) groups excluding carboxylic acids is 2. The van der Waals surface area contributed by atoms with Crippen LogP contribution in [0.15, 0.2) is 24.3 Å². The molecule has 0 atom stereocenters. The molecular formula is C13H13NO3. The standard InChI is InChI=1S/C13H13NO3/c1-17-10-5-3-2-4-9(10)14-8-11(15)13(6-7-13)12(14)16/h2-5H,6-8H2,1H3. The Balaban J connectivity index is 2.01. The maximum atomic E-state index is 12.2. The number of Topliss-reactive ketones (excluding diaryl/α,β-unsaturated/α-hetero) is 1. The van der Waals surface area contributed by atoms with Gasteiger partial charge in [-0.1, -0.05) is 12.1 Å². The van der Waals surface area contributed by atoms with Crippen LogP contribution in [0.3, 0.4) is 0 Å². The van der Waals surface area contributed by atoms with Crippen LogP contribution in [0.5, 0.6) is 5.75 Å². The highest BCUT2D eigenvalue weighted by molar-refractivity contribution is 6.23. The van der Waals surface area contributed by atoms with Crippen molar-refractivity contribution in [3.63, 3.8) is 0 Å². The quantitative estimate of drug-likeness (QED) is 0.723. The molecule has 2 aliphatic rings. The van der Waals surface area contributed by atoms with Gasteiger partial charge in [0.2, 0.25) is 5.91 Å². The molecule has 0 unspecified atom stereocenters. The van der Waals surface area contributed by atoms with Gasteiger partial charge in [-0.2, -0.15) is 0 Å². The van der Waals surface area contributed by atoms with Gasteiger partial charge in [0.1, 0.15) is 11.2 Å². The Morgan fingerprint density at radius 1 is 1.24 bits per heavy atom. The zero-order valence-electron chi connectivity index (χ0n) is 9.60. The molecule has 4 nitrogen and oxygen atoms in total. The minimum absolute atomic E-state index is 0.0495. The molecule has 1 spiro atoms. The van der Waals surface area contributed by atoms with Gasteiger partial charge in [0.15, 0.2) is 5.78 Å². The van der Waals surface area contributed by atoms with Crippen molar-refractivity contribution in [1.82, 2.24) is 0 Å². The molecular weight excluding hydrogens is 218 g/mol. The van der Waals surface area contributed by atoms with Crippen molar-refractivity contribution >= 4 is 17.4 Å². The van der Waals surface area contributed by atoms with Gasteiger partial charge in [-0.3, -0.25) is 9.59 Å². The molecule has 17 heavy (non-hydrogen) atoms. The number of para-hydroxylation sites is 2. The van der Waals surface area contributed by atoms with Crippen LogP contribution in [0.25, 0.3) is 0 Å². The Kier molecular flexibility index (Phi) is 2.02. The topological polar surface area (TPSA) is 46.6 Å². The van der Waals surface area contributed by atoms with Crippen molar-refractivity contribution in [2.45, 2.75) is 12.8 Å². The van der Waals surface area contributed by atoms with E-state index in [1.807, 2.05) is 18.2 Å². The molecule has 1 aliphatic heterocycles. The molecule has 2 fully saturated rings. The summed E-state index contributed by atoms with van der Waals surface area (Å²) >= 11 is 0. The Morgan fingerprint density at radius 3 is 2.53 bits per heavy atom. The maximum Gasteiger partial charge on any atom is 0.241 e. The van der Waals surface area contributed by atoms with Crippen molar-refractivity contribution in [2.75, 3.05) is 18.6 Å². The molecule has 1 amide bonds. The second-order valence-corrected chi connectivity index (χ2v) is 4.57. The van der Waals surface area contributed by atoms with Crippen LogP contribution in [0.2, 0.25) is 0 Å². The number of ether oxygens (including phenoxy) is 1. The number of carbonyl (C=O) groups is 2. The van der Waals surface area contributed by atoms with Crippen LogP contribution < -0.4 is 9.64 Å². The van der Waals surface area contributed by atoms with E-state index in [0.717, 1.165) is 0 Å². The summed E-state index contributed by atoms with van der Waals surface area (Å²) in [6.07, 6.45) is 1.41. The fourth-order valence-electron chi connectivity index (χ4n) is 2.41. The number of ketones is 1. The Bertz CT molecular complexity index is 505. The zero-order chi connectivity index (χ0) is 12.0. The lowest BCUT2D eigenvalue weighted by molar-refractivity contribution is -0.128. The van der Waals surface area contributed by atoms with E-state index < -0.39 is 5.41 Å². The molecule has 3 rings (SSSR count). The number of anilines is 1. The molecule has 1 saturated carbocycles. The minimum Gasteiger partial charge on any atom is -0.495 e. The molecule has 0 aromatic heterocycles. The summed E-state index contributed by atoms with van der Waals surface area (Å²) < 4.78 is 5.22. The number of methoxy groups -OCH3 is 1. The third-order valence-corrected chi connectivity index (χ3v) is 3.62. The van der Waals surface area contributed by atoms with E-state index in [1.54, 1.807) is 18.1 Å². The maximum absolute atomic E-state index is 12.2. The first-order valence-electron chi connectivity index (χ1n) is 5.67. The first kappa shape index (κ1) is 10.3. The van der Waals surface area contributed by atoms with Crippen LogP contribution in [0, 0.1) is 5.41 Å². The normalized spacial score (nSPS) is 21.1. The summed E-state index contributed by atoms with van der Waals surface area (Å²) in [7, 11) is 1.56. The predicted molar refractivity (Wildman–Crippen MR) is 62.0 cm³/mol. The fraction of sp³-hybridized carbons (Fsp3) is 0.385. The third-order valence-electron chi connectivity index (χ3n) is 3.62. The molecule has 0 N–H and O–H groups in total. The van der Waals surface area contributed by atoms with Crippen LogP contribution in [-0.2, 0) is 9.59 Å². The van der Waals surface area contributed by atoms with E-state index in [4.69, 9.17) is 4.74 Å². The zero-order valence-corrected chi connectivity index (χ0v) is 9.60. The van der Waals surface area contributed by atoms with E-state index in [2.05, 4.69) is 0 Å². The molecule has 0 bridgehead atoms. The second-order valence-electron chi connectivity index (χ2n) is 4.57. The fourth-order valence-corrected chi connectivity index (χ4v) is 2.41. The molecule has 1 saturated heterocycles. The molecule has 1 aromatic carbocycles. The van der Waals surface area contributed by atoms with Gasteiger partial charge in [0.25, 0.3) is 0 Å². The lowest BCUT2D eigenvalue weighted by atomic mass is 10.1. The van der Waals surface area contributed by atoms with E-state index in [1.165, 1.54) is 0 Å². The Hall–Kier alpha value is -1.84. The number of amides is 1. The summed E-state index contributed by atoms with van der Waals surface area (Å²) in [5, 5.41) is 0. The number of rotatable bonds is 2. The van der Waals surface area contributed by atoms with Crippen LogP contribution in [-0.4, -0.2) is 25.3 Å². The molecule has 0 radical (unpaired) electrons. The van der Waals surface area contributed by atoms with E-state index in [-0.39, 0.29) is 18.2 Å². The highest BCUT2D eigenvalue weighted by Gasteiger charge is 2.62. The first-order valence-corrected chi connectivity index (χ1v) is 5.67. The monoisotopic (exact) mass is 231 g/mol. The lowest BCUT2D eigenvalue weighted by Gasteiger charge is -2.18. The summed E-state index contributed by atoms with van der Waals surface area (Å²) in [6.45, 7) is 0.180. The average molecular weight is 231 g/mol. The van der Waals surface area contributed by atoms with Crippen molar-refractivity contribution in [3.8, 4) is 5.75 Å². The third kappa shape index (κ3) is 1.30. The van der Waals surface area contributed by atoms with Crippen LogP contribution in [0.1, 0.15) is 12.8 Å². The van der Waals surface area contributed by atoms with Crippen molar-refractivity contribution in [3.05, 3.63) is 24.3 Å². The number of hydrogen-bond acceptors (Lipinski definition) is 3. The van der Waals surface area contributed by atoms with Gasteiger partial charge in [-0.15, -0.1) is 0 Å². The summed E-state index contributed by atoms with van der Waals surface area (Å²) in [5.74, 6) is 0.617. The molecule has 1 aromatic rings. The predicted octanol–water partition coefficient (Wildman–Crippen LogP) is 1.39. The molecule has 1 aliphatic carbocycles. The molecule has 4 heteroatoms. The van der Waals surface area contributed by atoms with Gasteiger partial charge in [0, 0.05) is 0 Å². The Morgan fingerprint density at radius 2 is 1.94 bits per heavy atom. The van der Waals surface area contributed by atoms with Crippen molar-refractivity contribution in [1.29, 1.82) is 0 Å². The van der Waals surface area contributed by atoms with Crippen molar-refractivity contribution in [2.24, 2.45) is 5.41 Å². The van der Waals surface area contributed by atoms with Gasteiger partial charge in [0.05, 0.1) is 19.3 Å². The summed E-state index contributed by atoms with van der Waals surface area (Å²) in [6, 6.07) is 7.29. The highest BCUT2D eigenvalue weighted by Crippen LogP contribution is 2.52. The van der Waals surface area contributed by atoms with Gasteiger partial charge in [-0.05, 0) is 25.0 Å². The SMILES string of the molecule is COc1ccccc1N1CC(=O)C2(CC2)C1=O. The van der Waals surface area contributed by atoms with Gasteiger partial charge < -0.3 is 9.64 Å². The van der Waals surface area contributed by atoms with Gasteiger partial charge in [-0.25, -0.2) is 0 Å². The highest BCUT2D eigenvalue weighted by atomic mass is 16.5. The largest absolute Gasteiger partial charge is 0.495 e.